The number of halogens is 1. The maximum Gasteiger partial charge on any atom is 0.200 e. The van der Waals surface area contributed by atoms with Gasteiger partial charge in [-0.2, -0.15) is 5.10 Å². The summed E-state index contributed by atoms with van der Waals surface area (Å²) in [5.41, 5.74) is 2.88. The van der Waals surface area contributed by atoms with Gasteiger partial charge in [0.2, 0.25) is 0 Å². The van der Waals surface area contributed by atoms with Crippen LogP contribution in [-0.2, 0) is 11.3 Å². The average molecular weight is 368 g/mol. The second-order valence-electron chi connectivity index (χ2n) is 6.43. The first-order valence-electron chi connectivity index (χ1n) is 8.96. The minimum absolute atomic E-state index is 0.238. The second kappa shape index (κ2) is 7.80. The maximum atomic E-state index is 13.1. The van der Waals surface area contributed by atoms with E-state index >= 15 is 0 Å². The summed E-state index contributed by atoms with van der Waals surface area (Å²) in [5.74, 6) is 1.07. The third-order valence-corrected chi connectivity index (χ3v) is 4.57. The minimum atomic E-state index is -0.245. The van der Waals surface area contributed by atoms with Crippen LogP contribution in [0.1, 0.15) is 18.4 Å². The van der Waals surface area contributed by atoms with Gasteiger partial charge in [0, 0.05) is 18.2 Å². The van der Waals surface area contributed by atoms with E-state index in [2.05, 4.69) is 5.10 Å². The van der Waals surface area contributed by atoms with E-state index in [9.17, 15) is 4.39 Å². The highest BCUT2D eigenvalue weighted by atomic mass is 19.1. The Balaban J connectivity index is 1.61. The lowest BCUT2D eigenvalue weighted by molar-refractivity contribution is -0.0402. The van der Waals surface area contributed by atoms with Crippen LogP contribution in [0.2, 0.25) is 0 Å². The van der Waals surface area contributed by atoms with Crippen molar-refractivity contribution in [2.75, 3.05) is 13.7 Å². The molecule has 0 radical (unpaired) electrons. The molecule has 2 heterocycles. The fourth-order valence-electron chi connectivity index (χ4n) is 3.18. The van der Waals surface area contributed by atoms with Crippen molar-refractivity contribution in [2.24, 2.45) is 0 Å². The smallest absolute Gasteiger partial charge is 0.200 e. The summed E-state index contributed by atoms with van der Waals surface area (Å²) in [6, 6.07) is 14.2. The van der Waals surface area contributed by atoms with Gasteiger partial charge >= 0.3 is 0 Å². The van der Waals surface area contributed by atoms with Gasteiger partial charge in [-0.15, -0.1) is 0 Å². The van der Waals surface area contributed by atoms with E-state index in [1.807, 2.05) is 28.9 Å². The van der Waals surface area contributed by atoms with Crippen molar-refractivity contribution in [1.29, 1.82) is 0 Å². The molecule has 1 aliphatic rings. The molecule has 3 aromatic rings. The number of aromatic nitrogens is 2. The zero-order valence-electron chi connectivity index (χ0n) is 15.1. The predicted molar refractivity (Wildman–Crippen MR) is 99.3 cm³/mol. The first-order chi connectivity index (χ1) is 13.2. The van der Waals surface area contributed by atoms with E-state index in [0.717, 1.165) is 36.3 Å². The molecule has 1 unspecified atom stereocenters. The molecule has 27 heavy (non-hydrogen) atoms. The Labute approximate surface area is 157 Å². The summed E-state index contributed by atoms with van der Waals surface area (Å²) in [4.78, 5) is 0. The Kier molecular flexibility index (Phi) is 5.07. The molecule has 5 nitrogen and oxygen atoms in total. The lowest BCUT2D eigenvalue weighted by Crippen LogP contribution is -2.14. The zero-order valence-corrected chi connectivity index (χ0v) is 15.1. The number of methoxy groups -OCH3 is 1. The lowest BCUT2D eigenvalue weighted by atomic mass is 10.1. The topological polar surface area (TPSA) is 45.5 Å². The maximum absolute atomic E-state index is 13.1. The molecule has 0 amide bonds. The van der Waals surface area contributed by atoms with Gasteiger partial charge < -0.3 is 14.2 Å². The minimum Gasteiger partial charge on any atom is -0.493 e. The highest BCUT2D eigenvalue weighted by Gasteiger charge is 2.20. The Bertz CT molecular complexity index is 902. The van der Waals surface area contributed by atoms with E-state index in [4.69, 9.17) is 14.2 Å². The molecule has 140 valence electrons. The van der Waals surface area contributed by atoms with Gasteiger partial charge in [0.25, 0.3) is 0 Å². The molecule has 1 fully saturated rings. The number of hydrogen-bond donors (Lipinski definition) is 0. The van der Waals surface area contributed by atoms with Crippen LogP contribution in [-0.4, -0.2) is 29.8 Å². The monoisotopic (exact) mass is 368 g/mol. The number of hydrogen-bond acceptors (Lipinski definition) is 4. The van der Waals surface area contributed by atoms with Gasteiger partial charge in [0.15, 0.2) is 17.8 Å². The lowest BCUT2D eigenvalue weighted by Gasteiger charge is -2.17. The van der Waals surface area contributed by atoms with Gasteiger partial charge in [-0.25, -0.2) is 4.39 Å². The molecular weight excluding hydrogens is 347 g/mol. The third kappa shape index (κ3) is 3.95. The predicted octanol–water partition coefficient (Wildman–Crippen LogP) is 4.26. The van der Waals surface area contributed by atoms with E-state index in [0.29, 0.717) is 18.0 Å². The van der Waals surface area contributed by atoms with Crippen molar-refractivity contribution >= 4 is 0 Å². The molecule has 1 aromatic heterocycles. The molecule has 1 aliphatic heterocycles. The quantitative estimate of drug-likeness (QED) is 0.652. The Morgan fingerprint density at radius 3 is 2.74 bits per heavy atom. The fraction of sp³-hybridized carbons (Fsp3) is 0.286. The van der Waals surface area contributed by atoms with Gasteiger partial charge in [0.05, 0.1) is 26.0 Å². The van der Waals surface area contributed by atoms with Gasteiger partial charge in [-0.1, -0.05) is 12.1 Å². The fourth-order valence-corrected chi connectivity index (χ4v) is 3.18. The van der Waals surface area contributed by atoms with Crippen molar-refractivity contribution in [1.82, 2.24) is 9.78 Å². The Morgan fingerprint density at radius 2 is 2.00 bits per heavy atom. The highest BCUT2D eigenvalue weighted by molar-refractivity contribution is 5.64. The Hall–Kier alpha value is -2.86. The summed E-state index contributed by atoms with van der Waals surface area (Å²) in [6.45, 7) is 1.27. The van der Waals surface area contributed by atoms with Gasteiger partial charge in [0.1, 0.15) is 5.82 Å². The molecule has 1 atom stereocenters. The molecule has 0 bridgehead atoms. The molecule has 1 saturated heterocycles. The third-order valence-electron chi connectivity index (χ3n) is 4.57. The number of ether oxygens (including phenoxy) is 3. The van der Waals surface area contributed by atoms with E-state index in [1.165, 1.54) is 12.1 Å². The van der Waals surface area contributed by atoms with E-state index in [-0.39, 0.29) is 12.1 Å². The summed E-state index contributed by atoms with van der Waals surface area (Å²) < 4.78 is 32.0. The first-order valence-corrected chi connectivity index (χ1v) is 8.96. The van der Waals surface area contributed by atoms with Crippen molar-refractivity contribution in [3.8, 4) is 22.8 Å². The van der Waals surface area contributed by atoms with Crippen molar-refractivity contribution < 1.29 is 18.6 Å². The number of benzene rings is 2. The van der Waals surface area contributed by atoms with Gasteiger partial charge in [-0.3, -0.25) is 4.68 Å². The second-order valence-corrected chi connectivity index (χ2v) is 6.43. The highest BCUT2D eigenvalue weighted by Crippen LogP contribution is 2.34. The summed E-state index contributed by atoms with van der Waals surface area (Å²) >= 11 is 0. The van der Waals surface area contributed by atoms with Gasteiger partial charge in [-0.05, 0) is 48.4 Å². The molecule has 2 aromatic carbocycles. The zero-order chi connectivity index (χ0) is 18.6. The molecule has 4 rings (SSSR count). The first kappa shape index (κ1) is 17.5. The SMILES string of the molecule is COc1ccc(-c2ccnn2Cc2ccc(F)cc2)cc1OC1CCCO1. The van der Waals surface area contributed by atoms with Crippen LogP contribution in [0.5, 0.6) is 11.5 Å². The van der Waals surface area contributed by atoms with Crippen LogP contribution in [0.15, 0.2) is 54.7 Å². The van der Waals surface area contributed by atoms with E-state index < -0.39 is 0 Å². The molecular formula is C21H21FN2O3. The van der Waals surface area contributed by atoms with Crippen LogP contribution in [0.3, 0.4) is 0 Å². The van der Waals surface area contributed by atoms with Crippen LogP contribution >= 0.6 is 0 Å². The normalized spacial score (nSPS) is 16.4. The Morgan fingerprint density at radius 1 is 1.15 bits per heavy atom. The molecule has 0 aliphatic carbocycles. The molecule has 0 N–H and O–H groups in total. The van der Waals surface area contributed by atoms with Crippen LogP contribution in [0.4, 0.5) is 4.39 Å². The summed E-state index contributed by atoms with van der Waals surface area (Å²) in [7, 11) is 1.62. The van der Waals surface area contributed by atoms with E-state index in [1.54, 1.807) is 25.4 Å². The number of rotatable bonds is 6. The van der Waals surface area contributed by atoms with Crippen molar-refractivity contribution in [3.63, 3.8) is 0 Å². The summed E-state index contributed by atoms with van der Waals surface area (Å²) in [5, 5.41) is 4.41. The summed E-state index contributed by atoms with van der Waals surface area (Å²) in [6.07, 6.45) is 3.38. The van der Waals surface area contributed by atoms with Crippen molar-refractivity contribution in [2.45, 2.75) is 25.7 Å². The molecule has 6 heteroatoms. The van der Waals surface area contributed by atoms with Crippen molar-refractivity contribution in [3.05, 3.63) is 66.1 Å². The number of nitrogens with zero attached hydrogens (tertiary/aromatic N) is 2. The van der Waals surface area contributed by atoms with Crippen LogP contribution < -0.4 is 9.47 Å². The molecule has 0 saturated carbocycles. The average Bonchev–Trinajstić information content (AvgIpc) is 3.35. The van der Waals surface area contributed by atoms with Crippen LogP contribution in [0, 0.1) is 5.82 Å². The standard InChI is InChI=1S/C21H21FN2O3/c1-25-19-9-6-16(13-20(19)27-21-3-2-12-26-21)18-10-11-23-24(18)14-15-4-7-17(22)8-5-15/h4-11,13,21H,2-3,12,14H2,1H3. The molecule has 0 spiro atoms. The van der Waals surface area contributed by atoms with Crippen LogP contribution in [0.25, 0.3) is 11.3 Å². The largest absolute Gasteiger partial charge is 0.493 e.